The second kappa shape index (κ2) is 8.28. The van der Waals surface area contributed by atoms with E-state index in [1.807, 2.05) is 36.4 Å². The van der Waals surface area contributed by atoms with Gasteiger partial charge in [0.15, 0.2) is 0 Å². The van der Waals surface area contributed by atoms with Gasteiger partial charge in [0.1, 0.15) is 5.75 Å². The van der Waals surface area contributed by atoms with Gasteiger partial charge in [0.05, 0.1) is 6.61 Å². The minimum Gasteiger partial charge on any atom is -0.415 e. The third kappa shape index (κ3) is 6.03. The molecular formula is C14H13ClO3. The predicted octanol–water partition coefficient (Wildman–Crippen LogP) is 3.60. The molecule has 0 aliphatic rings. The van der Waals surface area contributed by atoms with Crippen molar-refractivity contribution in [3.8, 4) is 5.75 Å². The smallest absolute Gasteiger partial charge is 0.409 e. The van der Waals surface area contributed by atoms with Gasteiger partial charge in [-0.05, 0) is 17.7 Å². The Kier molecular flexibility index (Phi) is 6.54. The van der Waals surface area contributed by atoms with Gasteiger partial charge in [0.25, 0.3) is 0 Å². The van der Waals surface area contributed by atoms with Crippen LogP contribution in [0.2, 0.25) is 0 Å². The van der Waals surface area contributed by atoms with Gasteiger partial charge < -0.3 is 9.84 Å². The number of benzene rings is 2. The van der Waals surface area contributed by atoms with Crippen molar-refractivity contribution in [2.24, 2.45) is 0 Å². The number of ether oxygens (including phenoxy) is 1. The third-order valence-corrected chi connectivity index (χ3v) is 2.04. The van der Waals surface area contributed by atoms with Crippen LogP contribution in [0.5, 0.6) is 5.75 Å². The second-order valence-electron chi connectivity index (χ2n) is 3.30. The Hall–Kier alpha value is -1.84. The largest absolute Gasteiger partial charge is 0.415 e. The van der Waals surface area contributed by atoms with Crippen molar-refractivity contribution in [3.05, 3.63) is 66.2 Å². The molecular weight excluding hydrogens is 252 g/mol. The van der Waals surface area contributed by atoms with Crippen LogP contribution in [0.4, 0.5) is 4.79 Å². The molecule has 0 saturated carbocycles. The first-order valence-corrected chi connectivity index (χ1v) is 5.67. The third-order valence-electron chi connectivity index (χ3n) is 1.97. The number of rotatable bonds is 2. The number of halogens is 1. The van der Waals surface area contributed by atoms with Crippen LogP contribution in [0.15, 0.2) is 60.7 Å². The van der Waals surface area contributed by atoms with E-state index in [2.05, 4.69) is 4.74 Å². The lowest BCUT2D eigenvalue weighted by molar-refractivity contribution is 0.225. The van der Waals surface area contributed by atoms with Crippen molar-refractivity contribution in [3.63, 3.8) is 0 Å². The molecule has 0 aliphatic heterocycles. The molecule has 0 fully saturated rings. The first-order valence-electron chi connectivity index (χ1n) is 5.29. The van der Waals surface area contributed by atoms with Crippen LogP contribution < -0.4 is 4.74 Å². The summed E-state index contributed by atoms with van der Waals surface area (Å²) in [5, 5.41) is 8.54. The normalized spacial score (nSPS) is 9.00. The molecule has 0 radical (unpaired) electrons. The lowest BCUT2D eigenvalue weighted by atomic mass is 10.2. The Morgan fingerprint density at radius 1 is 1.00 bits per heavy atom. The molecule has 0 aromatic heterocycles. The molecule has 0 amide bonds. The Labute approximate surface area is 111 Å². The Bertz CT molecular complexity index is 457. The van der Waals surface area contributed by atoms with Crippen LogP contribution in [0.25, 0.3) is 0 Å². The molecule has 0 saturated heterocycles. The van der Waals surface area contributed by atoms with E-state index in [0.717, 1.165) is 5.56 Å². The molecule has 2 aromatic rings. The van der Waals surface area contributed by atoms with Gasteiger partial charge in [0.2, 0.25) is 0 Å². The zero-order chi connectivity index (χ0) is 13.2. The minimum atomic E-state index is -0.814. The maximum Gasteiger partial charge on any atom is 0.409 e. The van der Waals surface area contributed by atoms with Crippen molar-refractivity contribution < 1.29 is 14.6 Å². The average Bonchev–Trinajstić information content (AvgIpc) is 2.41. The summed E-state index contributed by atoms with van der Waals surface area (Å²) in [4.78, 5) is 10.2. The van der Waals surface area contributed by atoms with Gasteiger partial charge in [-0.15, -0.1) is 0 Å². The molecule has 0 atom stereocenters. The van der Waals surface area contributed by atoms with Gasteiger partial charge in [-0.2, -0.15) is 0 Å². The van der Waals surface area contributed by atoms with Gasteiger partial charge in [-0.1, -0.05) is 48.5 Å². The summed E-state index contributed by atoms with van der Waals surface area (Å²) >= 11 is 4.95. The predicted molar refractivity (Wildman–Crippen MR) is 70.7 cm³/mol. The van der Waals surface area contributed by atoms with E-state index in [1.54, 1.807) is 24.3 Å². The van der Waals surface area contributed by atoms with E-state index in [0.29, 0.717) is 5.75 Å². The summed E-state index contributed by atoms with van der Waals surface area (Å²) < 4.78 is 4.54. The number of carbonyl (C=O) groups is 1. The standard InChI is InChI=1S/C7H5ClO2.C7H8O/c8-7(9)10-6-4-2-1-3-5-6;8-6-7-4-2-1-3-5-7/h1-5H;1-5,8H,6H2. The highest BCUT2D eigenvalue weighted by atomic mass is 35.5. The van der Waals surface area contributed by atoms with Crippen LogP contribution in [0.3, 0.4) is 0 Å². The summed E-state index contributed by atoms with van der Waals surface area (Å²) in [6, 6.07) is 18.2. The fourth-order valence-corrected chi connectivity index (χ4v) is 1.25. The van der Waals surface area contributed by atoms with Crippen LogP contribution in [-0.2, 0) is 6.61 Å². The first-order chi connectivity index (χ1) is 8.72. The monoisotopic (exact) mass is 264 g/mol. The molecule has 0 heterocycles. The minimum absolute atomic E-state index is 0.140. The molecule has 0 aliphatic carbocycles. The maximum atomic E-state index is 10.2. The van der Waals surface area contributed by atoms with E-state index >= 15 is 0 Å². The van der Waals surface area contributed by atoms with Crippen molar-refractivity contribution >= 4 is 17.0 Å². The number of hydrogen-bond donors (Lipinski definition) is 1. The fourth-order valence-electron chi connectivity index (χ4n) is 1.16. The molecule has 1 N–H and O–H groups in total. The summed E-state index contributed by atoms with van der Waals surface area (Å²) in [5.74, 6) is 0.461. The van der Waals surface area contributed by atoms with Gasteiger partial charge in [-0.3, -0.25) is 0 Å². The van der Waals surface area contributed by atoms with E-state index < -0.39 is 5.43 Å². The number of aliphatic hydroxyl groups excluding tert-OH is 1. The highest BCUT2D eigenvalue weighted by Crippen LogP contribution is 2.09. The number of para-hydroxylation sites is 1. The SMILES string of the molecule is O=C(Cl)Oc1ccccc1.OCc1ccccc1. The molecule has 94 valence electrons. The van der Waals surface area contributed by atoms with Crippen LogP contribution in [0.1, 0.15) is 5.56 Å². The summed E-state index contributed by atoms with van der Waals surface area (Å²) in [6.45, 7) is 0.140. The molecule has 18 heavy (non-hydrogen) atoms. The molecule has 4 heteroatoms. The van der Waals surface area contributed by atoms with E-state index in [4.69, 9.17) is 16.7 Å². The zero-order valence-corrected chi connectivity index (χ0v) is 10.4. The van der Waals surface area contributed by atoms with Crippen LogP contribution in [0, 0.1) is 0 Å². The molecule has 0 bridgehead atoms. The highest BCUT2D eigenvalue weighted by Gasteiger charge is 1.95. The summed E-state index contributed by atoms with van der Waals surface area (Å²) in [6.07, 6.45) is 0. The molecule has 3 nitrogen and oxygen atoms in total. The van der Waals surface area contributed by atoms with E-state index in [1.165, 1.54) is 0 Å². The highest BCUT2D eigenvalue weighted by molar-refractivity contribution is 6.61. The average molecular weight is 265 g/mol. The van der Waals surface area contributed by atoms with Crippen LogP contribution >= 0.6 is 11.6 Å². The van der Waals surface area contributed by atoms with Gasteiger partial charge in [-0.25, -0.2) is 4.79 Å². The van der Waals surface area contributed by atoms with Gasteiger partial charge in [0, 0.05) is 11.6 Å². The van der Waals surface area contributed by atoms with E-state index in [-0.39, 0.29) is 6.61 Å². The maximum absolute atomic E-state index is 10.2. The first kappa shape index (κ1) is 14.2. The molecule has 2 aromatic carbocycles. The van der Waals surface area contributed by atoms with Crippen molar-refractivity contribution in [1.29, 1.82) is 0 Å². The Balaban J connectivity index is 0.000000184. The Morgan fingerprint density at radius 3 is 1.89 bits per heavy atom. The lowest BCUT2D eigenvalue weighted by Gasteiger charge is -1.95. The molecule has 0 spiro atoms. The quantitative estimate of drug-likeness (QED) is 0.843. The number of hydrogen-bond acceptors (Lipinski definition) is 3. The molecule has 0 unspecified atom stereocenters. The van der Waals surface area contributed by atoms with Gasteiger partial charge >= 0.3 is 5.43 Å². The second-order valence-corrected chi connectivity index (χ2v) is 3.61. The number of aliphatic hydroxyl groups is 1. The molecule has 2 rings (SSSR count). The lowest BCUT2D eigenvalue weighted by Crippen LogP contribution is -1.94. The van der Waals surface area contributed by atoms with Crippen molar-refractivity contribution in [2.45, 2.75) is 6.61 Å². The summed E-state index contributed by atoms with van der Waals surface area (Å²) in [5.41, 5.74) is 0.152. The zero-order valence-electron chi connectivity index (χ0n) is 9.62. The van der Waals surface area contributed by atoms with E-state index in [9.17, 15) is 4.79 Å². The van der Waals surface area contributed by atoms with Crippen molar-refractivity contribution in [1.82, 2.24) is 0 Å². The topological polar surface area (TPSA) is 46.5 Å². The van der Waals surface area contributed by atoms with Crippen LogP contribution in [-0.4, -0.2) is 10.5 Å². The number of carbonyl (C=O) groups excluding carboxylic acids is 1. The Morgan fingerprint density at radius 2 is 1.50 bits per heavy atom. The fraction of sp³-hybridized carbons (Fsp3) is 0.0714. The van der Waals surface area contributed by atoms with Crippen molar-refractivity contribution in [2.75, 3.05) is 0 Å². The summed E-state index contributed by atoms with van der Waals surface area (Å²) in [7, 11) is 0.